The van der Waals surface area contributed by atoms with Gasteiger partial charge in [-0.3, -0.25) is 4.79 Å². The first-order valence-electron chi connectivity index (χ1n) is 11.5. The highest BCUT2D eigenvalue weighted by atomic mass is 79.9. The number of benzene rings is 2. The first-order chi connectivity index (χ1) is 14.7. The standard InChI is InChI=1S/C27H32Br2O/c28-17-23-5-1-3-7-25(23)19-9-13-21(14-10-19)27(30)22-15-11-20(12-16-22)26-8-4-2-6-24(26)18-29/h1-8,19-22H,9-18H2. The molecule has 2 aliphatic rings. The molecule has 0 aliphatic heterocycles. The average molecular weight is 532 g/mol. The van der Waals surface area contributed by atoms with Crippen molar-refractivity contribution in [2.24, 2.45) is 11.8 Å². The quantitative estimate of drug-likeness (QED) is 0.342. The molecule has 0 atom stereocenters. The number of carbonyl (C=O) groups excluding carboxylic acids is 1. The molecular weight excluding hydrogens is 500 g/mol. The zero-order valence-corrected chi connectivity index (χ0v) is 20.8. The summed E-state index contributed by atoms with van der Waals surface area (Å²) in [5, 5.41) is 1.84. The number of alkyl halides is 2. The van der Waals surface area contributed by atoms with E-state index in [1.54, 1.807) is 0 Å². The summed E-state index contributed by atoms with van der Waals surface area (Å²) in [6, 6.07) is 17.6. The van der Waals surface area contributed by atoms with E-state index >= 15 is 0 Å². The molecule has 0 aromatic heterocycles. The molecule has 0 heterocycles. The Labute approximate surface area is 198 Å². The van der Waals surface area contributed by atoms with Crippen molar-refractivity contribution >= 4 is 37.6 Å². The number of carbonyl (C=O) groups is 1. The number of Topliss-reactive ketones (excluding diaryl/α,β-unsaturated/α-hetero) is 1. The Morgan fingerprint density at radius 3 is 1.37 bits per heavy atom. The van der Waals surface area contributed by atoms with Gasteiger partial charge in [-0.25, -0.2) is 0 Å². The van der Waals surface area contributed by atoms with Crippen LogP contribution in [-0.4, -0.2) is 5.78 Å². The summed E-state index contributed by atoms with van der Waals surface area (Å²) in [7, 11) is 0. The van der Waals surface area contributed by atoms with Crippen molar-refractivity contribution in [3.8, 4) is 0 Å². The molecule has 0 saturated heterocycles. The van der Waals surface area contributed by atoms with E-state index in [1.807, 2.05) is 0 Å². The maximum absolute atomic E-state index is 13.3. The van der Waals surface area contributed by atoms with Gasteiger partial charge in [0.2, 0.25) is 0 Å². The molecule has 0 radical (unpaired) electrons. The molecule has 1 nitrogen and oxygen atoms in total. The van der Waals surface area contributed by atoms with Crippen molar-refractivity contribution in [3.63, 3.8) is 0 Å². The Balaban J connectivity index is 1.31. The maximum atomic E-state index is 13.3. The summed E-state index contributed by atoms with van der Waals surface area (Å²) < 4.78 is 0. The Kier molecular flexibility index (Phi) is 7.86. The first-order valence-corrected chi connectivity index (χ1v) is 13.8. The molecule has 0 N–H and O–H groups in total. The first kappa shape index (κ1) is 22.3. The van der Waals surface area contributed by atoms with Crippen molar-refractivity contribution in [1.29, 1.82) is 0 Å². The number of halogens is 2. The van der Waals surface area contributed by atoms with E-state index in [2.05, 4.69) is 80.4 Å². The van der Waals surface area contributed by atoms with Gasteiger partial charge in [-0.1, -0.05) is 80.4 Å². The predicted octanol–water partition coefficient (Wildman–Crippen LogP) is 8.29. The predicted molar refractivity (Wildman–Crippen MR) is 133 cm³/mol. The second-order valence-electron chi connectivity index (χ2n) is 9.16. The van der Waals surface area contributed by atoms with E-state index in [4.69, 9.17) is 0 Å². The van der Waals surface area contributed by atoms with Gasteiger partial charge >= 0.3 is 0 Å². The van der Waals surface area contributed by atoms with Gasteiger partial charge in [-0.15, -0.1) is 0 Å². The van der Waals surface area contributed by atoms with Crippen LogP contribution in [0.4, 0.5) is 0 Å². The molecule has 4 rings (SSSR count). The van der Waals surface area contributed by atoms with E-state index in [0.717, 1.165) is 62.0 Å². The molecule has 0 bridgehead atoms. The van der Waals surface area contributed by atoms with E-state index < -0.39 is 0 Å². The largest absolute Gasteiger partial charge is 0.299 e. The van der Waals surface area contributed by atoms with Crippen LogP contribution in [0.25, 0.3) is 0 Å². The zero-order chi connectivity index (χ0) is 20.9. The van der Waals surface area contributed by atoms with Gasteiger partial charge in [0.1, 0.15) is 5.78 Å². The minimum atomic E-state index is 0.300. The second kappa shape index (κ2) is 10.6. The molecule has 0 spiro atoms. The van der Waals surface area contributed by atoms with Crippen molar-refractivity contribution in [3.05, 3.63) is 70.8 Å². The van der Waals surface area contributed by atoms with Gasteiger partial charge in [-0.05, 0) is 85.5 Å². The average Bonchev–Trinajstić information content (AvgIpc) is 2.83. The van der Waals surface area contributed by atoms with Crippen LogP contribution >= 0.6 is 31.9 Å². The molecule has 3 heteroatoms. The molecule has 2 aliphatic carbocycles. The SMILES string of the molecule is O=C(C1CCC(c2ccccc2CBr)CC1)C1CCC(c2ccccc2CBr)CC1. The van der Waals surface area contributed by atoms with Crippen molar-refractivity contribution < 1.29 is 4.79 Å². The van der Waals surface area contributed by atoms with Crippen molar-refractivity contribution in [2.45, 2.75) is 73.9 Å². The molecule has 2 fully saturated rings. The Morgan fingerprint density at radius 1 is 0.633 bits per heavy atom. The third-order valence-corrected chi connectivity index (χ3v) is 8.75. The van der Waals surface area contributed by atoms with E-state index in [1.165, 1.54) is 22.3 Å². The summed E-state index contributed by atoms with van der Waals surface area (Å²) >= 11 is 7.27. The highest BCUT2D eigenvalue weighted by Gasteiger charge is 2.34. The fraction of sp³-hybridized carbons (Fsp3) is 0.519. The number of rotatable bonds is 6. The molecular formula is C27H32Br2O. The molecule has 0 amide bonds. The van der Waals surface area contributed by atoms with Crippen LogP contribution in [0.1, 0.15) is 85.5 Å². The molecule has 160 valence electrons. The maximum Gasteiger partial charge on any atom is 0.139 e. The Hall–Kier alpha value is -0.930. The Morgan fingerprint density at radius 2 is 1.00 bits per heavy atom. The van der Waals surface area contributed by atoms with Gasteiger partial charge < -0.3 is 0 Å². The third kappa shape index (κ3) is 4.93. The van der Waals surface area contributed by atoms with Crippen LogP contribution in [0.15, 0.2) is 48.5 Å². The van der Waals surface area contributed by atoms with Gasteiger partial charge in [-0.2, -0.15) is 0 Å². The summed E-state index contributed by atoms with van der Waals surface area (Å²) in [6.45, 7) is 0. The number of hydrogen-bond donors (Lipinski definition) is 0. The van der Waals surface area contributed by atoms with Crippen molar-refractivity contribution in [1.82, 2.24) is 0 Å². The third-order valence-electron chi connectivity index (χ3n) is 7.54. The minimum absolute atomic E-state index is 0.300. The second-order valence-corrected chi connectivity index (χ2v) is 10.3. The van der Waals surface area contributed by atoms with Crippen LogP contribution in [0, 0.1) is 11.8 Å². The summed E-state index contributed by atoms with van der Waals surface area (Å²) in [5.41, 5.74) is 5.81. The lowest BCUT2D eigenvalue weighted by Gasteiger charge is -2.34. The Bertz CT molecular complexity index is 776. The molecule has 30 heavy (non-hydrogen) atoms. The molecule has 0 unspecified atom stereocenters. The van der Waals surface area contributed by atoms with E-state index in [0.29, 0.717) is 29.5 Å². The van der Waals surface area contributed by atoms with Crippen molar-refractivity contribution in [2.75, 3.05) is 0 Å². The van der Waals surface area contributed by atoms with Gasteiger partial charge in [0, 0.05) is 22.5 Å². The van der Waals surface area contributed by atoms with Crippen LogP contribution in [0.3, 0.4) is 0 Å². The molecule has 2 aromatic carbocycles. The topological polar surface area (TPSA) is 17.1 Å². The zero-order valence-electron chi connectivity index (χ0n) is 17.7. The van der Waals surface area contributed by atoms with Crippen LogP contribution in [0.2, 0.25) is 0 Å². The lowest BCUT2D eigenvalue weighted by atomic mass is 9.70. The fourth-order valence-electron chi connectivity index (χ4n) is 5.82. The van der Waals surface area contributed by atoms with Gasteiger partial charge in [0.25, 0.3) is 0 Å². The normalized spacial score (nSPS) is 27.0. The van der Waals surface area contributed by atoms with E-state index in [-0.39, 0.29) is 0 Å². The van der Waals surface area contributed by atoms with Crippen LogP contribution in [0.5, 0.6) is 0 Å². The van der Waals surface area contributed by atoms with E-state index in [9.17, 15) is 4.79 Å². The highest BCUT2D eigenvalue weighted by Crippen LogP contribution is 2.42. The summed E-state index contributed by atoms with van der Waals surface area (Å²) in [6.07, 6.45) is 8.95. The van der Waals surface area contributed by atoms with Gasteiger partial charge in [0.15, 0.2) is 0 Å². The summed E-state index contributed by atoms with van der Waals surface area (Å²) in [4.78, 5) is 13.3. The number of ketones is 1. The van der Waals surface area contributed by atoms with Crippen LogP contribution < -0.4 is 0 Å². The molecule has 2 aromatic rings. The lowest BCUT2D eigenvalue weighted by Crippen LogP contribution is -2.30. The minimum Gasteiger partial charge on any atom is -0.299 e. The van der Waals surface area contributed by atoms with Gasteiger partial charge in [0.05, 0.1) is 0 Å². The smallest absolute Gasteiger partial charge is 0.139 e. The lowest BCUT2D eigenvalue weighted by molar-refractivity contribution is -0.128. The summed E-state index contributed by atoms with van der Waals surface area (Å²) in [5.74, 6) is 2.43. The number of hydrogen-bond acceptors (Lipinski definition) is 1. The molecule has 2 saturated carbocycles. The fourth-order valence-corrected chi connectivity index (χ4v) is 6.84. The van der Waals surface area contributed by atoms with Crippen LogP contribution in [-0.2, 0) is 15.5 Å². The monoisotopic (exact) mass is 530 g/mol. The highest BCUT2D eigenvalue weighted by molar-refractivity contribution is 9.08.